The summed E-state index contributed by atoms with van der Waals surface area (Å²) in [6, 6.07) is 4.95. The minimum atomic E-state index is -0.227. The van der Waals surface area contributed by atoms with Crippen molar-refractivity contribution in [3.8, 4) is 0 Å². The standard InChI is InChI=1S/C12H18BrFN2O/c1-2-5-17-8-11(16-15)6-9-3-4-10(13)7-12(9)14/h3-4,7,11,16H,2,5-6,8,15H2,1H3. The van der Waals surface area contributed by atoms with Gasteiger partial charge < -0.3 is 4.74 Å². The van der Waals surface area contributed by atoms with E-state index >= 15 is 0 Å². The van der Waals surface area contributed by atoms with Crippen molar-refractivity contribution < 1.29 is 9.13 Å². The molecule has 1 atom stereocenters. The fraction of sp³-hybridized carbons (Fsp3) is 0.500. The average molecular weight is 305 g/mol. The number of nitrogens with one attached hydrogen (secondary N) is 1. The zero-order valence-electron chi connectivity index (χ0n) is 9.88. The van der Waals surface area contributed by atoms with Gasteiger partial charge >= 0.3 is 0 Å². The Balaban J connectivity index is 2.54. The van der Waals surface area contributed by atoms with Gasteiger partial charge in [0.25, 0.3) is 0 Å². The molecule has 0 aromatic heterocycles. The molecule has 1 aromatic rings. The molecule has 0 spiro atoms. The van der Waals surface area contributed by atoms with E-state index < -0.39 is 0 Å². The highest BCUT2D eigenvalue weighted by atomic mass is 79.9. The van der Waals surface area contributed by atoms with Crippen LogP contribution >= 0.6 is 15.9 Å². The molecule has 3 N–H and O–H groups in total. The molecule has 0 aliphatic heterocycles. The van der Waals surface area contributed by atoms with E-state index in [-0.39, 0.29) is 11.9 Å². The molecule has 0 heterocycles. The van der Waals surface area contributed by atoms with Crippen molar-refractivity contribution in [3.05, 3.63) is 34.1 Å². The largest absolute Gasteiger partial charge is 0.380 e. The van der Waals surface area contributed by atoms with Crippen molar-refractivity contribution in [2.75, 3.05) is 13.2 Å². The minimum Gasteiger partial charge on any atom is -0.380 e. The molecule has 0 aliphatic rings. The maximum atomic E-state index is 13.6. The number of halogens is 2. The monoisotopic (exact) mass is 304 g/mol. The summed E-state index contributed by atoms with van der Waals surface area (Å²) in [5, 5.41) is 0. The van der Waals surface area contributed by atoms with E-state index in [1.54, 1.807) is 6.07 Å². The SMILES string of the molecule is CCCOCC(Cc1ccc(Br)cc1F)NN. The third-order valence-corrected chi connectivity index (χ3v) is 2.88. The summed E-state index contributed by atoms with van der Waals surface area (Å²) in [5.74, 6) is 5.19. The van der Waals surface area contributed by atoms with Crippen LogP contribution < -0.4 is 11.3 Å². The minimum absolute atomic E-state index is 0.0720. The van der Waals surface area contributed by atoms with Crippen molar-refractivity contribution in [1.82, 2.24) is 5.43 Å². The van der Waals surface area contributed by atoms with Crippen LogP contribution in [0.5, 0.6) is 0 Å². The second-order valence-electron chi connectivity index (χ2n) is 3.88. The first-order valence-corrected chi connectivity index (χ1v) is 6.44. The Labute approximate surface area is 110 Å². The number of benzene rings is 1. The van der Waals surface area contributed by atoms with Gasteiger partial charge in [0.1, 0.15) is 5.82 Å². The lowest BCUT2D eigenvalue weighted by atomic mass is 10.1. The molecule has 0 bridgehead atoms. The van der Waals surface area contributed by atoms with Gasteiger partial charge in [-0.1, -0.05) is 28.9 Å². The van der Waals surface area contributed by atoms with Crippen molar-refractivity contribution in [2.24, 2.45) is 5.84 Å². The topological polar surface area (TPSA) is 47.3 Å². The fourth-order valence-electron chi connectivity index (χ4n) is 1.49. The van der Waals surface area contributed by atoms with Crippen LogP contribution in [0.2, 0.25) is 0 Å². The van der Waals surface area contributed by atoms with Crippen molar-refractivity contribution >= 4 is 15.9 Å². The molecule has 96 valence electrons. The number of hydrazine groups is 1. The highest BCUT2D eigenvalue weighted by molar-refractivity contribution is 9.10. The molecule has 3 nitrogen and oxygen atoms in total. The summed E-state index contributed by atoms with van der Waals surface area (Å²) < 4.78 is 19.7. The van der Waals surface area contributed by atoms with E-state index in [1.807, 2.05) is 13.0 Å². The smallest absolute Gasteiger partial charge is 0.127 e. The predicted octanol–water partition coefficient (Wildman–Crippen LogP) is 2.39. The van der Waals surface area contributed by atoms with Gasteiger partial charge in [0.05, 0.1) is 6.61 Å². The maximum Gasteiger partial charge on any atom is 0.127 e. The van der Waals surface area contributed by atoms with Crippen LogP contribution in [0.15, 0.2) is 22.7 Å². The Morgan fingerprint density at radius 2 is 2.29 bits per heavy atom. The highest BCUT2D eigenvalue weighted by Crippen LogP contribution is 2.16. The molecule has 17 heavy (non-hydrogen) atoms. The molecule has 0 aliphatic carbocycles. The molecule has 0 saturated heterocycles. The van der Waals surface area contributed by atoms with Crippen molar-refractivity contribution in [3.63, 3.8) is 0 Å². The predicted molar refractivity (Wildman–Crippen MR) is 70.0 cm³/mol. The van der Waals surface area contributed by atoms with E-state index in [0.29, 0.717) is 25.2 Å². The average Bonchev–Trinajstić information content (AvgIpc) is 2.31. The molecule has 0 amide bonds. The summed E-state index contributed by atoms with van der Waals surface area (Å²) >= 11 is 3.23. The first-order chi connectivity index (χ1) is 8.17. The lowest BCUT2D eigenvalue weighted by Crippen LogP contribution is -2.40. The van der Waals surface area contributed by atoms with Crippen molar-refractivity contribution in [1.29, 1.82) is 0 Å². The lowest BCUT2D eigenvalue weighted by Gasteiger charge is -2.16. The van der Waals surface area contributed by atoms with E-state index in [2.05, 4.69) is 21.4 Å². The van der Waals surface area contributed by atoms with Gasteiger partial charge in [-0.2, -0.15) is 0 Å². The van der Waals surface area contributed by atoms with Crippen molar-refractivity contribution in [2.45, 2.75) is 25.8 Å². The molecule has 1 unspecified atom stereocenters. The summed E-state index contributed by atoms with van der Waals surface area (Å²) in [6.45, 7) is 3.22. The van der Waals surface area contributed by atoms with Gasteiger partial charge in [-0.05, 0) is 30.5 Å². The third kappa shape index (κ3) is 5.12. The zero-order valence-corrected chi connectivity index (χ0v) is 11.5. The summed E-state index contributed by atoms with van der Waals surface area (Å²) in [6.07, 6.45) is 1.48. The Bertz CT molecular complexity index is 349. The summed E-state index contributed by atoms with van der Waals surface area (Å²) in [4.78, 5) is 0. The molecular weight excluding hydrogens is 287 g/mol. The molecule has 0 saturated carbocycles. The van der Waals surface area contributed by atoms with Gasteiger partial charge in [-0.3, -0.25) is 11.3 Å². The Morgan fingerprint density at radius 1 is 1.53 bits per heavy atom. The Kier molecular flexibility index (Phi) is 6.65. The van der Waals surface area contributed by atoms with Crippen LogP contribution in [0.3, 0.4) is 0 Å². The quantitative estimate of drug-likeness (QED) is 0.462. The van der Waals surface area contributed by atoms with Crippen LogP contribution in [0.1, 0.15) is 18.9 Å². The maximum absolute atomic E-state index is 13.6. The Morgan fingerprint density at radius 3 is 2.88 bits per heavy atom. The first-order valence-electron chi connectivity index (χ1n) is 5.65. The third-order valence-electron chi connectivity index (χ3n) is 2.38. The molecule has 0 radical (unpaired) electrons. The van der Waals surface area contributed by atoms with Crippen LogP contribution in [-0.2, 0) is 11.2 Å². The van der Waals surface area contributed by atoms with Gasteiger partial charge in [-0.25, -0.2) is 4.39 Å². The summed E-state index contributed by atoms with van der Waals surface area (Å²) in [5.41, 5.74) is 3.28. The number of hydrogen-bond acceptors (Lipinski definition) is 3. The van der Waals surface area contributed by atoms with Crippen LogP contribution in [-0.4, -0.2) is 19.3 Å². The number of rotatable bonds is 7. The second-order valence-corrected chi connectivity index (χ2v) is 4.79. The molecule has 5 heteroatoms. The van der Waals surface area contributed by atoms with E-state index in [9.17, 15) is 4.39 Å². The molecule has 0 fully saturated rings. The number of nitrogens with two attached hydrogens (primary N) is 1. The van der Waals surface area contributed by atoms with Gasteiger partial charge in [0.2, 0.25) is 0 Å². The highest BCUT2D eigenvalue weighted by Gasteiger charge is 2.11. The number of ether oxygens (including phenoxy) is 1. The van der Waals surface area contributed by atoms with E-state index in [1.165, 1.54) is 6.07 Å². The van der Waals surface area contributed by atoms with Gasteiger partial charge in [-0.15, -0.1) is 0 Å². The lowest BCUT2D eigenvalue weighted by molar-refractivity contribution is 0.111. The summed E-state index contributed by atoms with van der Waals surface area (Å²) in [7, 11) is 0. The first kappa shape index (κ1) is 14.6. The van der Waals surface area contributed by atoms with Gasteiger partial charge in [0, 0.05) is 17.1 Å². The van der Waals surface area contributed by atoms with Gasteiger partial charge in [0.15, 0.2) is 0 Å². The normalized spacial score (nSPS) is 12.7. The van der Waals surface area contributed by atoms with E-state index in [4.69, 9.17) is 10.6 Å². The molecule has 1 aromatic carbocycles. The van der Waals surface area contributed by atoms with Crippen LogP contribution in [0.4, 0.5) is 4.39 Å². The zero-order chi connectivity index (χ0) is 12.7. The van der Waals surface area contributed by atoms with Crippen LogP contribution in [0.25, 0.3) is 0 Å². The van der Waals surface area contributed by atoms with Crippen LogP contribution in [0, 0.1) is 5.82 Å². The second kappa shape index (κ2) is 7.76. The fourth-order valence-corrected chi connectivity index (χ4v) is 1.82. The molecular formula is C12H18BrFN2O. The Hall–Kier alpha value is -0.490. The molecule has 1 rings (SSSR count). The number of hydrogen-bond donors (Lipinski definition) is 2. The van der Waals surface area contributed by atoms with E-state index in [0.717, 1.165) is 10.9 Å².